The van der Waals surface area contributed by atoms with Crippen molar-refractivity contribution in [1.82, 2.24) is 4.98 Å². The maximum absolute atomic E-state index is 9.91. The van der Waals surface area contributed by atoms with Crippen LogP contribution in [-0.2, 0) is 10.3 Å². The van der Waals surface area contributed by atoms with Gasteiger partial charge in [0.25, 0.3) is 0 Å². The van der Waals surface area contributed by atoms with E-state index in [2.05, 4.69) is 4.98 Å². The Bertz CT molecular complexity index is 336. The summed E-state index contributed by atoms with van der Waals surface area (Å²) in [5.41, 5.74) is 0.482. The molecule has 3 nitrogen and oxygen atoms in total. The van der Waals surface area contributed by atoms with Crippen molar-refractivity contribution < 1.29 is 9.84 Å². The molecule has 1 aromatic rings. The average Bonchev–Trinajstić information content (AvgIpc) is 2.06. The van der Waals surface area contributed by atoms with Gasteiger partial charge in [0.15, 0.2) is 5.60 Å². The monoisotopic (exact) mass is 199 g/mol. The smallest absolute Gasteiger partial charge is 0.154 e. The largest absolute Gasteiger partial charge is 0.379 e. The molecule has 1 aliphatic rings. The summed E-state index contributed by atoms with van der Waals surface area (Å²) in [4.78, 5) is 4.07. The molecule has 1 aromatic heterocycles. The maximum atomic E-state index is 9.91. The van der Waals surface area contributed by atoms with Gasteiger partial charge >= 0.3 is 0 Å². The third kappa shape index (κ3) is 1.33. The molecule has 70 valence electrons. The Morgan fingerprint density at radius 1 is 1.62 bits per heavy atom. The first-order valence-corrected chi connectivity index (χ1v) is 4.43. The van der Waals surface area contributed by atoms with Gasteiger partial charge in [0.05, 0.1) is 23.9 Å². The number of aliphatic hydroxyl groups is 1. The molecule has 0 saturated carbocycles. The van der Waals surface area contributed by atoms with Crippen LogP contribution < -0.4 is 0 Å². The van der Waals surface area contributed by atoms with Crippen molar-refractivity contribution in [2.24, 2.45) is 0 Å². The number of hydrogen-bond donors (Lipinski definition) is 1. The highest BCUT2D eigenvalue weighted by molar-refractivity contribution is 6.32. The van der Waals surface area contributed by atoms with E-state index in [0.29, 0.717) is 10.7 Å². The summed E-state index contributed by atoms with van der Waals surface area (Å²) in [6.45, 7) is 2.45. The maximum Gasteiger partial charge on any atom is 0.154 e. The van der Waals surface area contributed by atoms with Crippen LogP contribution in [0.15, 0.2) is 12.3 Å². The van der Waals surface area contributed by atoms with Crippen molar-refractivity contribution in [3.05, 3.63) is 28.5 Å². The van der Waals surface area contributed by atoms with Crippen molar-refractivity contribution in [2.75, 3.05) is 13.2 Å². The van der Waals surface area contributed by atoms with Gasteiger partial charge in [0.2, 0.25) is 0 Å². The molecule has 0 spiro atoms. The predicted molar refractivity (Wildman–Crippen MR) is 48.7 cm³/mol. The summed E-state index contributed by atoms with van der Waals surface area (Å²) in [7, 11) is 0. The van der Waals surface area contributed by atoms with Gasteiger partial charge in [-0.1, -0.05) is 11.6 Å². The summed E-state index contributed by atoms with van der Waals surface area (Å²) >= 11 is 6.01. The van der Waals surface area contributed by atoms with Gasteiger partial charge in [-0.15, -0.1) is 0 Å². The second-order valence-corrected chi connectivity index (χ2v) is 3.69. The number of halogens is 1. The molecule has 0 radical (unpaired) electrons. The molecule has 1 N–H and O–H groups in total. The summed E-state index contributed by atoms with van der Waals surface area (Å²) < 4.78 is 4.94. The molecule has 0 amide bonds. The first-order chi connectivity index (χ1) is 6.13. The molecule has 2 heterocycles. The summed E-state index contributed by atoms with van der Waals surface area (Å²) in [6, 6.07) is 1.81. The Kier molecular flexibility index (Phi) is 2.02. The fraction of sp³-hybridized carbons (Fsp3) is 0.444. The molecule has 13 heavy (non-hydrogen) atoms. The normalized spacial score (nSPS) is 19.6. The van der Waals surface area contributed by atoms with E-state index in [4.69, 9.17) is 16.3 Å². The average molecular weight is 200 g/mol. The van der Waals surface area contributed by atoms with E-state index >= 15 is 0 Å². The topological polar surface area (TPSA) is 42.4 Å². The van der Waals surface area contributed by atoms with E-state index in [1.807, 2.05) is 13.0 Å². The molecule has 0 aliphatic carbocycles. The van der Waals surface area contributed by atoms with Gasteiger partial charge in [-0.25, -0.2) is 0 Å². The third-order valence-corrected chi connectivity index (χ3v) is 2.68. The highest BCUT2D eigenvalue weighted by Gasteiger charge is 2.41. The van der Waals surface area contributed by atoms with Gasteiger partial charge in [0.1, 0.15) is 0 Å². The Hall–Kier alpha value is -0.640. The first kappa shape index (κ1) is 8.94. The summed E-state index contributed by atoms with van der Waals surface area (Å²) in [5.74, 6) is 0. The molecule has 0 atom stereocenters. The fourth-order valence-corrected chi connectivity index (χ4v) is 1.58. The van der Waals surface area contributed by atoms with Gasteiger partial charge in [-0.3, -0.25) is 4.98 Å². The number of nitrogens with zero attached hydrogens (tertiary/aromatic N) is 1. The Morgan fingerprint density at radius 3 is 2.85 bits per heavy atom. The minimum Gasteiger partial charge on any atom is -0.379 e. The highest BCUT2D eigenvalue weighted by Crippen LogP contribution is 2.33. The molecular weight excluding hydrogens is 190 g/mol. The number of aromatic nitrogens is 1. The zero-order valence-corrected chi connectivity index (χ0v) is 8.01. The Morgan fingerprint density at radius 2 is 2.31 bits per heavy atom. The van der Waals surface area contributed by atoms with Gasteiger partial charge in [-0.05, 0) is 18.6 Å². The van der Waals surface area contributed by atoms with Crippen LogP contribution in [0.3, 0.4) is 0 Å². The minimum atomic E-state index is -0.969. The third-order valence-electron chi connectivity index (χ3n) is 2.20. The van der Waals surface area contributed by atoms with Crippen LogP contribution in [0.25, 0.3) is 0 Å². The number of ether oxygens (including phenoxy) is 1. The van der Waals surface area contributed by atoms with Crippen LogP contribution in [0.4, 0.5) is 0 Å². The van der Waals surface area contributed by atoms with Crippen molar-refractivity contribution in [1.29, 1.82) is 0 Å². The van der Waals surface area contributed by atoms with Gasteiger partial charge in [0, 0.05) is 6.20 Å². The number of aryl methyl sites for hydroxylation is 1. The second-order valence-electron chi connectivity index (χ2n) is 3.31. The number of rotatable bonds is 1. The van der Waals surface area contributed by atoms with E-state index < -0.39 is 5.60 Å². The lowest BCUT2D eigenvalue weighted by Gasteiger charge is -2.36. The Balaban J connectivity index is 2.45. The molecule has 0 unspecified atom stereocenters. The van der Waals surface area contributed by atoms with Crippen LogP contribution in [0.5, 0.6) is 0 Å². The zero-order valence-electron chi connectivity index (χ0n) is 7.25. The van der Waals surface area contributed by atoms with Crippen molar-refractivity contribution in [3.63, 3.8) is 0 Å². The van der Waals surface area contributed by atoms with Crippen molar-refractivity contribution >= 4 is 11.6 Å². The van der Waals surface area contributed by atoms with Crippen LogP contribution in [0.2, 0.25) is 5.02 Å². The van der Waals surface area contributed by atoms with Crippen molar-refractivity contribution in [2.45, 2.75) is 12.5 Å². The fourth-order valence-electron chi connectivity index (χ4n) is 1.30. The summed E-state index contributed by atoms with van der Waals surface area (Å²) in [5, 5.41) is 10.5. The standard InChI is InChI=1S/C9H10ClNO2/c1-6-2-3-11-8(7(6)10)9(12)4-13-5-9/h2-3,12H,4-5H2,1H3. The van der Waals surface area contributed by atoms with Crippen LogP contribution in [0, 0.1) is 6.92 Å². The van der Waals surface area contributed by atoms with Gasteiger partial charge < -0.3 is 9.84 Å². The van der Waals surface area contributed by atoms with E-state index in [1.165, 1.54) is 0 Å². The van der Waals surface area contributed by atoms with E-state index in [1.54, 1.807) is 6.20 Å². The lowest BCUT2D eigenvalue weighted by atomic mass is 9.96. The first-order valence-electron chi connectivity index (χ1n) is 4.05. The summed E-state index contributed by atoms with van der Waals surface area (Å²) in [6.07, 6.45) is 1.65. The van der Waals surface area contributed by atoms with Crippen molar-refractivity contribution in [3.8, 4) is 0 Å². The molecule has 1 fully saturated rings. The molecular formula is C9H10ClNO2. The quantitative estimate of drug-likeness (QED) is 0.741. The number of pyridine rings is 1. The van der Waals surface area contributed by atoms with Crippen LogP contribution in [-0.4, -0.2) is 23.3 Å². The lowest BCUT2D eigenvalue weighted by molar-refractivity contribution is -0.186. The number of hydrogen-bond acceptors (Lipinski definition) is 3. The zero-order chi connectivity index (χ0) is 9.47. The lowest BCUT2D eigenvalue weighted by Crippen LogP contribution is -2.47. The molecule has 0 bridgehead atoms. The van der Waals surface area contributed by atoms with Crippen LogP contribution >= 0.6 is 11.6 Å². The highest BCUT2D eigenvalue weighted by atomic mass is 35.5. The molecule has 0 aromatic carbocycles. The van der Waals surface area contributed by atoms with Gasteiger partial charge in [-0.2, -0.15) is 0 Å². The molecule has 1 saturated heterocycles. The van der Waals surface area contributed by atoms with E-state index in [0.717, 1.165) is 5.56 Å². The predicted octanol–water partition coefficient (Wildman–Crippen LogP) is 1.26. The van der Waals surface area contributed by atoms with Crippen LogP contribution in [0.1, 0.15) is 11.3 Å². The SMILES string of the molecule is Cc1ccnc(C2(O)COC2)c1Cl. The molecule has 4 heteroatoms. The molecule has 2 rings (SSSR count). The van der Waals surface area contributed by atoms with E-state index in [-0.39, 0.29) is 13.2 Å². The Labute approximate surface area is 81.3 Å². The molecule has 1 aliphatic heterocycles. The minimum absolute atomic E-state index is 0.281. The second kappa shape index (κ2) is 2.94. The van der Waals surface area contributed by atoms with E-state index in [9.17, 15) is 5.11 Å².